The number of nitrogens with one attached hydrogen (secondary N) is 1. The first kappa shape index (κ1) is 12.1. The molecule has 1 aromatic rings. The van der Waals surface area contributed by atoms with Crippen molar-refractivity contribution in [2.24, 2.45) is 0 Å². The van der Waals surface area contributed by atoms with E-state index >= 15 is 0 Å². The van der Waals surface area contributed by atoms with Crippen molar-refractivity contribution in [2.45, 2.75) is 32.8 Å². The van der Waals surface area contributed by atoms with E-state index in [2.05, 4.69) is 22.2 Å². The van der Waals surface area contributed by atoms with Crippen LogP contribution in [0.2, 0.25) is 0 Å². The van der Waals surface area contributed by atoms with Crippen molar-refractivity contribution in [3.63, 3.8) is 0 Å². The standard InChI is InChI=1S/C12H19N3O2/c1-3-5-13-12-14-9(2)7-11(15-12)17-10-4-6-16-8-10/h7,10H,3-6,8H2,1-2H3,(H,13,14,15). The lowest BCUT2D eigenvalue weighted by Gasteiger charge is -2.12. The number of hydrogen-bond acceptors (Lipinski definition) is 5. The Balaban J connectivity index is 2.02. The van der Waals surface area contributed by atoms with Crippen molar-refractivity contribution in [1.29, 1.82) is 0 Å². The fourth-order valence-corrected chi connectivity index (χ4v) is 1.69. The topological polar surface area (TPSA) is 56.3 Å². The molecule has 1 aromatic heterocycles. The number of nitrogens with zero attached hydrogens (tertiary/aromatic N) is 2. The number of hydrogen-bond donors (Lipinski definition) is 1. The van der Waals surface area contributed by atoms with Gasteiger partial charge in [-0.3, -0.25) is 0 Å². The minimum absolute atomic E-state index is 0.128. The van der Waals surface area contributed by atoms with Crippen LogP contribution in [-0.4, -0.2) is 35.8 Å². The molecule has 17 heavy (non-hydrogen) atoms. The highest BCUT2D eigenvalue weighted by atomic mass is 16.5. The fourth-order valence-electron chi connectivity index (χ4n) is 1.69. The van der Waals surface area contributed by atoms with Gasteiger partial charge in [0.05, 0.1) is 13.2 Å². The van der Waals surface area contributed by atoms with Crippen LogP contribution in [0.15, 0.2) is 6.07 Å². The van der Waals surface area contributed by atoms with Gasteiger partial charge in [-0.2, -0.15) is 4.98 Å². The van der Waals surface area contributed by atoms with Crippen LogP contribution in [-0.2, 0) is 4.74 Å². The summed E-state index contributed by atoms with van der Waals surface area (Å²) >= 11 is 0. The minimum atomic E-state index is 0.128. The Morgan fingerprint density at radius 3 is 3.12 bits per heavy atom. The Morgan fingerprint density at radius 2 is 2.41 bits per heavy atom. The Labute approximate surface area is 102 Å². The smallest absolute Gasteiger partial charge is 0.226 e. The second-order valence-electron chi connectivity index (χ2n) is 4.20. The molecular formula is C12H19N3O2. The molecule has 0 amide bonds. The van der Waals surface area contributed by atoms with Crippen molar-refractivity contribution in [2.75, 3.05) is 25.1 Å². The van der Waals surface area contributed by atoms with Crippen molar-refractivity contribution in [3.05, 3.63) is 11.8 Å². The van der Waals surface area contributed by atoms with Crippen LogP contribution in [0.3, 0.4) is 0 Å². The average molecular weight is 237 g/mol. The Bertz CT molecular complexity index is 365. The van der Waals surface area contributed by atoms with E-state index in [0.29, 0.717) is 18.4 Å². The second-order valence-corrected chi connectivity index (χ2v) is 4.20. The van der Waals surface area contributed by atoms with E-state index in [9.17, 15) is 0 Å². The van der Waals surface area contributed by atoms with Crippen molar-refractivity contribution < 1.29 is 9.47 Å². The first-order valence-electron chi connectivity index (χ1n) is 6.12. The van der Waals surface area contributed by atoms with Crippen LogP contribution < -0.4 is 10.1 Å². The molecule has 0 aromatic carbocycles. The van der Waals surface area contributed by atoms with E-state index < -0.39 is 0 Å². The van der Waals surface area contributed by atoms with Crippen molar-refractivity contribution in [3.8, 4) is 5.88 Å². The summed E-state index contributed by atoms with van der Waals surface area (Å²) in [6.07, 6.45) is 2.10. The van der Waals surface area contributed by atoms with Gasteiger partial charge in [0, 0.05) is 24.7 Å². The molecule has 1 aliphatic rings. The largest absolute Gasteiger partial charge is 0.472 e. The van der Waals surface area contributed by atoms with Gasteiger partial charge in [0.15, 0.2) is 0 Å². The third kappa shape index (κ3) is 3.56. The highest BCUT2D eigenvalue weighted by Gasteiger charge is 2.18. The van der Waals surface area contributed by atoms with E-state index in [-0.39, 0.29) is 6.10 Å². The predicted octanol–water partition coefficient (Wildman–Crippen LogP) is 1.77. The summed E-state index contributed by atoms with van der Waals surface area (Å²) in [6, 6.07) is 1.86. The Kier molecular flexibility index (Phi) is 4.14. The molecule has 94 valence electrons. The molecule has 2 heterocycles. The third-order valence-corrected chi connectivity index (χ3v) is 2.54. The maximum atomic E-state index is 5.76. The monoisotopic (exact) mass is 237 g/mol. The van der Waals surface area contributed by atoms with Gasteiger partial charge in [-0.05, 0) is 13.3 Å². The molecule has 0 saturated carbocycles. The van der Waals surface area contributed by atoms with Gasteiger partial charge >= 0.3 is 0 Å². The summed E-state index contributed by atoms with van der Waals surface area (Å²) in [5.74, 6) is 1.27. The molecule has 1 unspecified atom stereocenters. The SMILES string of the molecule is CCCNc1nc(C)cc(OC2CCOC2)n1. The summed E-state index contributed by atoms with van der Waals surface area (Å²) in [4.78, 5) is 8.65. The zero-order chi connectivity index (χ0) is 12.1. The van der Waals surface area contributed by atoms with Gasteiger partial charge < -0.3 is 14.8 Å². The Hall–Kier alpha value is -1.36. The average Bonchev–Trinajstić information content (AvgIpc) is 2.78. The quantitative estimate of drug-likeness (QED) is 0.846. The fraction of sp³-hybridized carbons (Fsp3) is 0.667. The third-order valence-electron chi connectivity index (χ3n) is 2.54. The second kappa shape index (κ2) is 5.82. The van der Waals surface area contributed by atoms with Crippen LogP contribution in [0.1, 0.15) is 25.5 Å². The molecule has 0 bridgehead atoms. The maximum absolute atomic E-state index is 5.76. The lowest BCUT2D eigenvalue weighted by molar-refractivity contribution is 0.138. The molecule has 0 radical (unpaired) electrons. The zero-order valence-corrected chi connectivity index (χ0v) is 10.4. The normalized spacial score (nSPS) is 19.3. The highest BCUT2D eigenvalue weighted by Crippen LogP contribution is 2.17. The van der Waals surface area contributed by atoms with E-state index in [0.717, 1.165) is 31.7 Å². The maximum Gasteiger partial charge on any atom is 0.226 e. The van der Waals surface area contributed by atoms with Crippen LogP contribution in [0, 0.1) is 6.92 Å². The molecular weight excluding hydrogens is 218 g/mol. The molecule has 1 aliphatic heterocycles. The van der Waals surface area contributed by atoms with Gasteiger partial charge in [-0.1, -0.05) is 6.92 Å². The zero-order valence-electron chi connectivity index (χ0n) is 10.4. The van der Waals surface area contributed by atoms with Gasteiger partial charge in [-0.15, -0.1) is 0 Å². The van der Waals surface area contributed by atoms with E-state index in [1.54, 1.807) is 0 Å². The summed E-state index contributed by atoms with van der Waals surface area (Å²) in [5.41, 5.74) is 0.910. The lowest BCUT2D eigenvalue weighted by atomic mass is 10.3. The van der Waals surface area contributed by atoms with Gasteiger partial charge in [0.2, 0.25) is 11.8 Å². The van der Waals surface area contributed by atoms with Crippen molar-refractivity contribution in [1.82, 2.24) is 9.97 Å². The first-order chi connectivity index (χ1) is 8.28. The number of anilines is 1. The summed E-state index contributed by atoms with van der Waals surface area (Å²) < 4.78 is 11.0. The first-order valence-corrected chi connectivity index (χ1v) is 6.12. The Morgan fingerprint density at radius 1 is 1.53 bits per heavy atom. The molecule has 1 fully saturated rings. The van der Waals surface area contributed by atoms with Crippen LogP contribution in [0.5, 0.6) is 5.88 Å². The van der Waals surface area contributed by atoms with Crippen LogP contribution in [0.4, 0.5) is 5.95 Å². The van der Waals surface area contributed by atoms with E-state index in [1.807, 2.05) is 13.0 Å². The summed E-state index contributed by atoms with van der Waals surface area (Å²) in [7, 11) is 0. The highest BCUT2D eigenvalue weighted by molar-refractivity contribution is 5.30. The minimum Gasteiger partial charge on any atom is -0.472 e. The molecule has 0 aliphatic carbocycles. The van der Waals surface area contributed by atoms with Gasteiger partial charge in [-0.25, -0.2) is 4.98 Å². The van der Waals surface area contributed by atoms with E-state index in [1.165, 1.54) is 0 Å². The van der Waals surface area contributed by atoms with Gasteiger partial charge in [0.25, 0.3) is 0 Å². The van der Waals surface area contributed by atoms with Crippen molar-refractivity contribution >= 4 is 5.95 Å². The molecule has 1 saturated heterocycles. The molecule has 5 nitrogen and oxygen atoms in total. The summed E-state index contributed by atoms with van der Waals surface area (Å²) in [6.45, 7) is 6.35. The number of ether oxygens (including phenoxy) is 2. The van der Waals surface area contributed by atoms with Crippen LogP contribution in [0.25, 0.3) is 0 Å². The molecule has 1 N–H and O–H groups in total. The number of aryl methyl sites for hydroxylation is 1. The predicted molar refractivity (Wildman–Crippen MR) is 65.4 cm³/mol. The number of aromatic nitrogens is 2. The molecule has 0 spiro atoms. The van der Waals surface area contributed by atoms with Crippen LogP contribution >= 0.6 is 0 Å². The molecule has 5 heteroatoms. The lowest BCUT2D eigenvalue weighted by Crippen LogP contribution is -2.17. The molecule has 1 atom stereocenters. The van der Waals surface area contributed by atoms with Gasteiger partial charge in [0.1, 0.15) is 6.10 Å². The number of rotatable bonds is 5. The van der Waals surface area contributed by atoms with E-state index in [4.69, 9.17) is 9.47 Å². The summed E-state index contributed by atoms with van der Waals surface area (Å²) in [5, 5.41) is 3.17. The molecule has 2 rings (SSSR count).